The van der Waals surface area contributed by atoms with Crippen LogP contribution < -0.4 is 15.6 Å². The molecule has 1 aliphatic heterocycles. The van der Waals surface area contributed by atoms with E-state index < -0.39 is 0 Å². The third-order valence-corrected chi connectivity index (χ3v) is 4.54. The van der Waals surface area contributed by atoms with Crippen LogP contribution in [0.3, 0.4) is 0 Å². The summed E-state index contributed by atoms with van der Waals surface area (Å²) in [6.07, 6.45) is 2.21. The summed E-state index contributed by atoms with van der Waals surface area (Å²) >= 11 is 11.8. The van der Waals surface area contributed by atoms with Crippen molar-refractivity contribution < 1.29 is 14.3 Å². The Labute approximate surface area is 156 Å². The molecule has 0 unspecified atom stereocenters. The van der Waals surface area contributed by atoms with Crippen molar-refractivity contribution in [3.05, 3.63) is 58.1 Å². The Morgan fingerprint density at radius 2 is 2.08 bits per heavy atom. The highest BCUT2D eigenvalue weighted by molar-refractivity contribution is 6.42. The van der Waals surface area contributed by atoms with E-state index in [0.29, 0.717) is 33.7 Å². The number of ether oxygens (including phenoxy) is 2. The van der Waals surface area contributed by atoms with Crippen LogP contribution in [-0.2, 0) is 4.74 Å². The Morgan fingerprint density at radius 1 is 1.20 bits per heavy atom. The maximum Gasteiger partial charge on any atom is 0.269 e. The number of hydrazine groups is 1. The van der Waals surface area contributed by atoms with Gasteiger partial charge >= 0.3 is 0 Å². The highest BCUT2D eigenvalue weighted by atomic mass is 35.5. The molecule has 2 aromatic rings. The molecule has 1 aliphatic rings. The van der Waals surface area contributed by atoms with Gasteiger partial charge in [-0.15, -0.1) is 0 Å². The number of rotatable bonds is 6. The van der Waals surface area contributed by atoms with Crippen LogP contribution in [0.5, 0.6) is 5.75 Å². The second kappa shape index (κ2) is 8.43. The van der Waals surface area contributed by atoms with E-state index in [1.54, 1.807) is 36.4 Å². The van der Waals surface area contributed by atoms with Crippen molar-refractivity contribution in [3.63, 3.8) is 0 Å². The number of halogens is 2. The van der Waals surface area contributed by atoms with Crippen LogP contribution in [0.2, 0.25) is 10.0 Å². The fourth-order valence-electron chi connectivity index (χ4n) is 2.47. The fraction of sp³-hybridized carbons (Fsp3) is 0.278. The lowest BCUT2D eigenvalue weighted by Crippen LogP contribution is -2.29. The van der Waals surface area contributed by atoms with Crippen molar-refractivity contribution in [2.45, 2.75) is 18.9 Å². The zero-order valence-electron chi connectivity index (χ0n) is 13.4. The zero-order valence-corrected chi connectivity index (χ0v) is 14.9. The molecule has 1 atom stereocenters. The molecule has 0 saturated carbocycles. The van der Waals surface area contributed by atoms with E-state index in [2.05, 4.69) is 10.9 Å². The topological polar surface area (TPSA) is 59.6 Å². The highest BCUT2D eigenvalue weighted by Gasteiger charge is 2.16. The van der Waals surface area contributed by atoms with Gasteiger partial charge in [0.15, 0.2) is 0 Å². The van der Waals surface area contributed by atoms with E-state index in [-0.39, 0.29) is 12.0 Å². The largest absolute Gasteiger partial charge is 0.491 e. The number of carbonyl (C=O) groups is 1. The van der Waals surface area contributed by atoms with Crippen LogP contribution >= 0.6 is 23.2 Å². The van der Waals surface area contributed by atoms with Gasteiger partial charge in [-0.1, -0.05) is 29.3 Å². The van der Waals surface area contributed by atoms with E-state index >= 15 is 0 Å². The first kappa shape index (κ1) is 17.9. The number of hydrogen-bond acceptors (Lipinski definition) is 4. The Kier molecular flexibility index (Phi) is 6.02. The number of carbonyl (C=O) groups excluding carboxylic acids is 1. The Morgan fingerprint density at radius 3 is 2.84 bits per heavy atom. The Hall–Kier alpha value is -1.95. The number of benzene rings is 2. The molecular formula is C18H18Cl2N2O3. The van der Waals surface area contributed by atoms with Gasteiger partial charge < -0.3 is 9.47 Å². The summed E-state index contributed by atoms with van der Waals surface area (Å²) in [7, 11) is 0. The maximum atomic E-state index is 12.3. The number of anilines is 1. The average Bonchev–Trinajstić information content (AvgIpc) is 3.14. The summed E-state index contributed by atoms with van der Waals surface area (Å²) in [4.78, 5) is 12.3. The van der Waals surface area contributed by atoms with Crippen LogP contribution in [0.4, 0.5) is 5.69 Å². The van der Waals surface area contributed by atoms with Crippen LogP contribution in [0.1, 0.15) is 23.2 Å². The van der Waals surface area contributed by atoms with Crippen LogP contribution in [0, 0.1) is 0 Å². The SMILES string of the molecule is O=C(NNc1ccc(Cl)c(Cl)c1)c1cccc(OC[C@@H]2CCCO2)c1. The smallest absolute Gasteiger partial charge is 0.269 e. The van der Waals surface area contributed by atoms with E-state index in [0.717, 1.165) is 19.4 Å². The van der Waals surface area contributed by atoms with E-state index in [4.69, 9.17) is 32.7 Å². The molecule has 1 saturated heterocycles. The summed E-state index contributed by atoms with van der Waals surface area (Å²) in [6.45, 7) is 1.28. The monoisotopic (exact) mass is 380 g/mol. The third-order valence-electron chi connectivity index (χ3n) is 3.80. The van der Waals surface area contributed by atoms with Gasteiger partial charge in [-0.25, -0.2) is 0 Å². The van der Waals surface area contributed by atoms with Gasteiger partial charge in [0.25, 0.3) is 5.91 Å². The molecule has 2 aromatic carbocycles. The molecule has 132 valence electrons. The predicted octanol–water partition coefficient (Wildman–Crippen LogP) is 4.31. The van der Waals surface area contributed by atoms with Crippen LogP contribution in [0.15, 0.2) is 42.5 Å². The summed E-state index contributed by atoms with van der Waals surface area (Å²) in [5.74, 6) is 0.353. The molecule has 1 fully saturated rings. The quantitative estimate of drug-likeness (QED) is 0.733. The molecular weight excluding hydrogens is 363 g/mol. The lowest BCUT2D eigenvalue weighted by molar-refractivity contribution is 0.0679. The second-order valence-electron chi connectivity index (χ2n) is 5.68. The van der Waals surface area contributed by atoms with E-state index in [1.165, 1.54) is 0 Å². The maximum absolute atomic E-state index is 12.3. The molecule has 0 aromatic heterocycles. The number of amides is 1. The molecule has 3 rings (SSSR count). The van der Waals surface area contributed by atoms with Crippen molar-refractivity contribution in [2.75, 3.05) is 18.6 Å². The highest BCUT2D eigenvalue weighted by Crippen LogP contribution is 2.24. The summed E-state index contributed by atoms with van der Waals surface area (Å²) in [6, 6.07) is 12.0. The fourth-order valence-corrected chi connectivity index (χ4v) is 2.77. The van der Waals surface area contributed by atoms with Gasteiger partial charge in [-0.2, -0.15) is 0 Å². The first-order chi connectivity index (χ1) is 12.1. The minimum absolute atomic E-state index is 0.133. The molecule has 0 spiro atoms. The van der Waals surface area contributed by atoms with Gasteiger partial charge in [-0.05, 0) is 49.2 Å². The van der Waals surface area contributed by atoms with Crippen molar-refractivity contribution in [1.82, 2.24) is 5.43 Å². The lowest BCUT2D eigenvalue weighted by atomic mass is 10.2. The molecule has 1 amide bonds. The van der Waals surface area contributed by atoms with Crippen molar-refractivity contribution in [1.29, 1.82) is 0 Å². The average molecular weight is 381 g/mol. The summed E-state index contributed by atoms with van der Waals surface area (Å²) < 4.78 is 11.2. The molecule has 2 N–H and O–H groups in total. The van der Waals surface area contributed by atoms with E-state index in [1.807, 2.05) is 6.07 Å². The lowest BCUT2D eigenvalue weighted by Gasteiger charge is -2.13. The van der Waals surface area contributed by atoms with Crippen LogP contribution in [-0.4, -0.2) is 25.2 Å². The third kappa shape index (κ3) is 5.01. The predicted molar refractivity (Wildman–Crippen MR) is 98.5 cm³/mol. The molecule has 25 heavy (non-hydrogen) atoms. The Balaban J connectivity index is 1.55. The molecule has 5 nitrogen and oxygen atoms in total. The molecule has 1 heterocycles. The van der Waals surface area contributed by atoms with Crippen molar-refractivity contribution in [3.8, 4) is 5.75 Å². The first-order valence-electron chi connectivity index (χ1n) is 7.98. The summed E-state index contributed by atoms with van der Waals surface area (Å²) in [5, 5.41) is 0.861. The number of hydrogen-bond donors (Lipinski definition) is 2. The summed E-state index contributed by atoms with van der Waals surface area (Å²) in [5.41, 5.74) is 6.54. The normalized spacial score (nSPS) is 16.5. The van der Waals surface area contributed by atoms with Crippen LogP contribution in [0.25, 0.3) is 0 Å². The van der Waals surface area contributed by atoms with Gasteiger partial charge in [0, 0.05) is 12.2 Å². The van der Waals surface area contributed by atoms with Gasteiger partial charge in [-0.3, -0.25) is 15.6 Å². The van der Waals surface area contributed by atoms with Gasteiger partial charge in [0.2, 0.25) is 0 Å². The first-order valence-corrected chi connectivity index (χ1v) is 8.73. The van der Waals surface area contributed by atoms with E-state index in [9.17, 15) is 4.79 Å². The minimum atomic E-state index is -0.284. The van der Waals surface area contributed by atoms with Gasteiger partial charge in [0.1, 0.15) is 12.4 Å². The standard InChI is InChI=1S/C18H18Cl2N2O3/c19-16-7-6-13(10-17(16)20)21-22-18(23)12-3-1-4-14(9-12)25-11-15-5-2-8-24-15/h1,3-4,6-7,9-10,15,21H,2,5,8,11H2,(H,22,23)/t15-/m0/s1. The minimum Gasteiger partial charge on any atom is -0.491 e. The molecule has 7 heteroatoms. The second-order valence-corrected chi connectivity index (χ2v) is 6.50. The Bertz CT molecular complexity index is 749. The zero-order chi connectivity index (χ0) is 17.6. The van der Waals surface area contributed by atoms with Gasteiger partial charge in [0.05, 0.1) is 21.8 Å². The number of nitrogens with one attached hydrogen (secondary N) is 2. The molecule has 0 radical (unpaired) electrons. The van der Waals surface area contributed by atoms with Crippen molar-refractivity contribution >= 4 is 34.8 Å². The molecule has 0 bridgehead atoms. The van der Waals surface area contributed by atoms with Crippen molar-refractivity contribution in [2.24, 2.45) is 0 Å². The molecule has 0 aliphatic carbocycles.